The zero-order chi connectivity index (χ0) is 37.3. The molecule has 0 saturated carbocycles. The normalized spacial score (nSPS) is 10.4. The summed E-state index contributed by atoms with van der Waals surface area (Å²) < 4.78 is 80.4. The van der Waals surface area contributed by atoms with Gasteiger partial charge in [0.25, 0.3) is 0 Å². The maximum absolute atomic E-state index is 12.2. The summed E-state index contributed by atoms with van der Waals surface area (Å²) in [7, 11) is -11.0. The van der Waals surface area contributed by atoms with Crippen molar-refractivity contribution < 1.29 is 29.6 Å². The Balaban J connectivity index is 0.000000348. The number of halogens is 1. The van der Waals surface area contributed by atoms with E-state index in [-0.39, 0.29) is 29.5 Å². The van der Waals surface area contributed by atoms with E-state index in [1.807, 2.05) is 0 Å². The molecule has 0 saturated heterocycles. The molecular weight excluding hydrogens is 758 g/mol. The molecule has 3 aromatic carbocycles. The first-order valence-electron chi connectivity index (χ1n) is 13.5. The monoisotopic (exact) mass is 793 g/mol. The molecule has 7 rings (SSSR count). The van der Waals surface area contributed by atoms with Gasteiger partial charge in [-0.3, -0.25) is 5.10 Å². The first kappa shape index (κ1) is 44.9. The average molecular weight is 794 g/mol. The number of nitrogens with two attached hydrogens (primary N) is 3. The maximum atomic E-state index is 12.2. The van der Waals surface area contributed by atoms with Crippen LogP contribution in [0.2, 0.25) is 0 Å². The second-order valence-corrected chi connectivity index (χ2v) is 13.8. The van der Waals surface area contributed by atoms with E-state index in [0.717, 1.165) is 35.6 Å². The minimum atomic E-state index is -3.69. The quantitative estimate of drug-likeness (QED) is 0.163. The Kier molecular flexibility index (Phi) is 18.0. The molecule has 7 aromatic rings. The van der Waals surface area contributed by atoms with Gasteiger partial charge in [0, 0.05) is 0 Å². The van der Waals surface area contributed by atoms with Crippen LogP contribution in [0.3, 0.4) is 0 Å². The van der Waals surface area contributed by atoms with Crippen LogP contribution < -0.4 is 15.4 Å². The zero-order valence-corrected chi connectivity index (χ0v) is 28.3. The molecule has 0 bridgehead atoms. The van der Waals surface area contributed by atoms with Crippen LogP contribution in [-0.4, -0.2) is 85.6 Å². The standard InChI is InChI=1S/2C8H8N4O2S.C6H6FNO2S.2C2H3N3.2CH4/c9-15(13,14)8-3-1-7(2-4-8)12-6-10-5-11-12;9-15(13,14)8-3-1-7(2-4-8)12-6-5-10-11-12;7-5-1-3-6(4-2-5)11(8,9)10;1-3-2-5-4-1;1-2-4-5-3-1;;/h2*1-6H,(H2,9,13,14);1-4H,(H2,8,9,10);2*1-2H,(H,3,4,5);2*1H4. The van der Waals surface area contributed by atoms with Crippen LogP contribution in [0.25, 0.3) is 11.4 Å². The van der Waals surface area contributed by atoms with Gasteiger partial charge in [-0.1, -0.05) is 20.1 Å². The number of hydrogen-bond acceptors (Lipinski definition) is 14. The van der Waals surface area contributed by atoms with E-state index in [1.54, 1.807) is 42.9 Å². The highest BCUT2D eigenvalue weighted by molar-refractivity contribution is 7.89. The lowest BCUT2D eigenvalue weighted by Crippen LogP contribution is -2.12. The Bertz CT molecular complexity index is 2140. The predicted octanol–water partition coefficient (Wildman–Crippen LogP) is 1.18. The Morgan fingerprint density at radius 2 is 1.06 bits per heavy atom. The molecule has 4 heterocycles. The summed E-state index contributed by atoms with van der Waals surface area (Å²) in [4.78, 5) is 7.40. The van der Waals surface area contributed by atoms with E-state index >= 15 is 0 Å². The van der Waals surface area contributed by atoms with E-state index < -0.39 is 35.9 Å². The minimum Gasteiger partial charge on any atom is -0.266 e. The van der Waals surface area contributed by atoms with Crippen molar-refractivity contribution in [2.24, 2.45) is 15.4 Å². The van der Waals surface area contributed by atoms with Crippen LogP contribution in [0.5, 0.6) is 0 Å². The van der Waals surface area contributed by atoms with Crippen LogP contribution in [0, 0.1) is 5.82 Å². The van der Waals surface area contributed by atoms with Crippen molar-refractivity contribution in [1.29, 1.82) is 0 Å². The maximum Gasteiger partial charge on any atom is 0.238 e. The van der Waals surface area contributed by atoms with E-state index in [4.69, 9.17) is 15.4 Å². The van der Waals surface area contributed by atoms with Crippen molar-refractivity contribution in [2.45, 2.75) is 29.5 Å². The van der Waals surface area contributed by atoms with Crippen molar-refractivity contribution in [1.82, 2.24) is 60.4 Å². The second-order valence-electron chi connectivity index (χ2n) is 9.07. The molecule has 25 heteroatoms. The molecule has 0 unspecified atom stereocenters. The SMILES string of the molecule is C.C.NS(=O)(=O)c1ccc(-n2ccnn2)cc1.NS(=O)(=O)c1ccc(-n2cncn2)cc1.NS(=O)(=O)c1ccc(F)cc1.c1cn[nH]n1.c1nc[nH]n1. The summed E-state index contributed by atoms with van der Waals surface area (Å²) in [6, 6.07) is 16.4. The second kappa shape index (κ2) is 21.3. The molecule has 284 valence electrons. The summed E-state index contributed by atoms with van der Waals surface area (Å²) in [6.07, 6.45) is 12.2. The molecule has 0 aliphatic rings. The molecule has 0 radical (unpaired) electrons. The average Bonchev–Trinajstić information content (AvgIpc) is 3.95. The highest BCUT2D eigenvalue weighted by Crippen LogP contribution is 2.12. The molecule has 8 N–H and O–H groups in total. The smallest absolute Gasteiger partial charge is 0.238 e. The lowest BCUT2D eigenvalue weighted by atomic mass is 10.3. The summed E-state index contributed by atoms with van der Waals surface area (Å²) in [6.45, 7) is 0. The molecule has 4 aromatic heterocycles. The highest BCUT2D eigenvalue weighted by atomic mass is 32.2. The van der Waals surface area contributed by atoms with E-state index in [9.17, 15) is 29.6 Å². The van der Waals surface area contributed by atoms with Crippen molar-refractivity contribution in [3.8, 4) is 11.4 Å². The van der Waals surface area contributed by atoms with Gasteiger partial charge in [0.05, 0.1) is 50.8 Å². The van der Waals surface area contributed by atoms with Gasteiger partial charge >= 0.3 is 0 Å². The Labute approximate surface area is 304 Å². The van der Waals surface area contributed by atoms with Gasteiger partial charge in [0.15, 0.2) is 0 Å². The number of aromatic amines is 2. The molecule has 53 heavy (non-hydrogen) atoms. The number of hydrogen-bond donors (Lipinski definition) is 5. The van der Waals surface area contributed by atoms with Gasteiger partial charge in [0.2, 0.25) is 30.1 Å². The molecule has 0 atom stereocenters. The molecule has 0 aliphatic heterocycles. The topological polar surface area (TPSA) is 325 Å². The first-order valence-corrected chi connectivity index (χ1v) is 18.1. The van der Waals surface area contributed by atoms with Gasteiger partial charge in [-0.15, -0.1) is 5.10 Å². The fourth-order valence-electron chi connectivity index (χ4n) is 3.22. The van der Waals surface area contributed by atoms with Crippen molar-refractivity contribution in [3.05, 3.63) is 129 Å². The van der Waals surface area contributed by atoms with E-state index in [2.05, 4.69) is 51.0 Å². The molecule has 21 nitrogen and oxygen atoms in total. The summed E-state index contributed by atoms with van der Waals surface area (Å²) in [5, 5.41) is 41.3. The molecular formula is C28H36FN15O6S3. The summed E-state index contributed by atoms with van der Waals surface area (Å²) in [5.41, 5.74) is 1.44. The number of aromatic nitrogens is 12. The third kappa shape index (κ3) is 16.2. The lowest BCUT2D eigenvalue weighted by Gasteiger charge is -2.01. The number of nitrogens with zero attached hydrogens (tertiary/aromatic N) is 10. The Hall–Kier alpha value is -6.12. The molecule has 0 fully saturated rings. The summed E-state index contributed by atoms with van der Waals surface area (Å²) in [5.74, 6) is -0.489. The van der Waals surface area contributed by atoms with Crippen LogP contribution >= 0.6 is 0 Å². The molecule has 0 aliphatic carbocycles. The fraction of sp³-hybridized carbons (Fsp3) is 0.0714. The van der Waals surface area contributed by atoms with Gasteiger partial charge in [-0.25, -0.2) is 64.4 Å². The Morgan fingerprint density at radius 1 is 0.585 bits per heavy atom. The van der Waals surface area contributed by atoms with Gasteiger partial charge in [-0.2, -0.15) is 25.6 Å². The van der Waals surface area contributed by atoms with Crippen LogP contribution in [0.15, 0.2) is 138 Å². The highest BCUT2D eigenvalue weighted by Gasteiger charge is 2.08. The van der Waals surface area contributed by atoms with Crippen molar-refractivity contribution >= 4 is 30.1 Å². The van der Waals surface area contributed by atoms with E-state index in [1.165, 1.54) is 65.1 Å². The van der Waals surface area contributed by atoms with Crippen molar-refractivity contribution in [3.63, 3.8) is 0 Å². The summed E-state index contributed by atoms with van der Waals surface area (Å²) >= 11 is 0. The largest absolute Gasteiger partial charge is 0.266 e. The lowest BCUT2D eigenvalue weighted by molar-refractivity contribution is 0.595. The van der Waals surface area contributed by atoms with E-state index in [0.29, 0.717) is 0 Å². The molecule has 0 spiro atoms. The number of H-pyrrole nitrogens is 2. The predicted molar refractivity (Wildman–Crippen MR) is 189 cm³/mol. The minimum absolute atomic E-state index is 0. The number of sulfonamides is 3. The number of benzene rings is 3. The van der Waals surface area contributed by atoms with Gasteiger partial charge < -0.3 is 0 Å². The third-order valence-electron chi connectivity index (χ3n) is 5.51. The van der Waals surface area contributed by atoms with Crippen LogP contribution in [0.1, 0.15) is 14.9 Å². The number of rotatable bonds is 5. The zero-order valence-electron chi connectivity index (χ0n) is 25.8. The first-order chi connectivity index (χ1) is 24.1. The Morgan fingerprint density at radius 3 is 1.36 bits per heavy atom. The third-order valence-corrected chi connectivity index (χ3v) is 8.29. The number of nitrogens with one attached hydrogen (secondary N) is 2. The van der Waals surface area contributed by atoms with Crippen LogP contribution in [0.4, 0.5) is 4.39 Å². The van der Waals surface area contributed by atoms with Gasteiger partial charge in [-0.05, 0) is 72.8 Å². The molecule has 0 amide bonds. The fourth-order valence-corrected chi connectivity index (χ4v) is 4.77. The number of primary sulfonamides is 3. The van der Waals surface area contributed by atoms with Gasteiger partial charge in [0.1, 0.15) is 31.1 Å². The van der Waals surface area contributed by atoms with Crippen LogP contribution in [-0.2, 0) is 30.1 Å². The van der Waals surface area contributed by atoms with Crippen molar-refractivity contribution in [2.75, 3.05) is 0 Å².